The summed E-state index contributed by atoms with van der Waals surface area (Å²) in [5.41, 5.74) is 4.97. The van der Waals surface area contributed by atoms with Gasteiger partial charge in [-0.3, -0.25) is 9.58 Å². The van der Waals surface area contributed by atoms with E-state index in [2.05, 4.69) is 32.1 Å². The van der Waals surface area contributed by atoms with Crippen LogP contribution in [0.15, 0.2) is 55.0 Å². The van der Waals surface area contributed by atoms with Gasteiger partial charge in [0, 0.05) is 54.5 Å². The lowest BCUT2D eigenvalue weighted by Gasteiger charge is -2.33. The van der Waals surface area contributed by atoms with E-state index >= 15 is 0 Å². The van der Waals surface area contributed by atoms with Gasteiger partial charge in [0.15, 0.2) is 0 Å². The van der Waals surface area contributed by atoms with E-state index in [-0.39, 0.29) is 12.4 Å². The lowest BCUT2D eigenvalue weighted by molar-refractivity contribution is -0.192. The molecule has 17 heteroatoms. The zero-order chi connectivity index (χ0) is 36.3. The first kappa shape index (κ1) is 36.4. The largest absolute Gasteiger partial charge is 0.490 e. The van der Waals surface area contributed by atoms with Crippen molar-refractivity contribution >= 4 is 50.6 Å². The minimum Gasteiger partial charge on any atom is -0.487 e. The molecule has 1 saturated heterocycles. The number of β-amino-alcohol motifs (C(OH)–C–C–N with tert-alkyl or cyclic N) is 1. The van der Waals surface area contributed by atoms with Crippen molar-refractivity contribution in [3.05, 3.63) is 82.6 Å². The Kier molecular flexibility index (Phi) is 11.1. The predicted molar refractivity (Wildman–Crippen MR) is 185 cm³/mol. The summed E-state index contributed by atoms with van der Waals surface area (Å²) in [6.07, 6.45) is -0.402. The number of piperazine rings is 1. The van der Waals surface area contributed by atoms with E-state index < -0.39 is 18.2 Å². The van der Waals surface area contributed by atoms with Gasteiger partial charge in [0.25, 0.3) is 0 Å². The Morgan fingerprint density at radius 1 is 1.10 bits per heavy atom. The van der Waals surface area contributed by atoms with E-state index in [0.717, 1.165) is 82.4 Å². The minimum absolute atomic E-state index is 0.214. The molecule has 0 amide bonds. The predicted octanol–water partition coefficient (Wildman–Crippen LogP) is 6.01. The number of likely N-dealkylation sites (N-methyl/N-ethyl adjacent to an activating group) is 1. The maximum absolute atomic E-state index is 13.5. The van der Waals surface area contributed by atoms with Gasteiger partial charge in [-0.25, -0.2) is 19.2 Å². The Labute approximate surface area is 299 Å². The molecule has 1 atom stereocenters. The van der Waals surface area contributed by atoms with Gasteiger partial charge < -0.3 is 25.2 Å². The number of aryl methyl sites for hydroxylation is 1. The van der Waals surface area contributed by atoms with Gasteiger partial charge in [0.2, 0.25) is 0 Å². The summed E-state index contributed by atoms with van der Waals surface area (Å²) in [5.74, 6) is -1.83. The molecule has 7 rings (SSSR count). The summed E-state index contributed by atoms with van der Waals surface area (Å²) < 4.78 is 53.1. The highest BCUT2D eigenvalue weighted by molar-refractivity contribution is 7.22. The van der Waals surface area contributed by atoms with Crippen molar-refractivity contribution < 1.29 is 37.3 Å². The normalized spacial score (nSPS) is 15.4. The molecule has 4 heterocycles. The number of carboxylic acids is 1. The number of fused-ring (bicyclic) bond motifs is 5. The summed E-state index contributed by atoms with van der Waals surface area (Å²) in [6, 6.07) is 11.8. The van der Waals surface area contributed by atoms with Crippen molar-refractivity contribution in [2.24, 2.45) is 0 Å². The molecule has 1 aliphatic carbocycles. The number of rotatable bonds is 9. The number of aliphatic carboxylic acids is 1. The number of anilines is 2. The number of aliphatic hydroxyl groups is 1. The Balaban J connectivity index is 0.000000582. The summed E-state index contributed by atoms with van der Waals surface area (Å²) in [6.45, 7) is 5.38. The topological polar surface area (TPSA) is 129 Å². The van der Waals surface area contributed by atoms with Crippen LogP contribution in [0.4, 0.5) is 29.1 Å². The highest BCUT2D eigenvalue weighted by atomic mass is 35.5. The first-order valence-corrected chi connectivity index (χ1v) is 17.2. The standard InChI is InChI=1S/C32H33ClFN7O2S.C2HF3O2/c1-39-9-11-40(12-10-39)16-23(42)17-41-27-7-6-24-29-31(35-19-36-32(29)44-30(24)25(27)15-37-41)38-22-5-8-28(26(33)14-22)43-18-20-3-2-4-21(34)13-20;3-2(4,5)1(6)7/h2-5,8,13-15,19,23,42H,6-7,9-12,16-18H2,1H3,(H,35,36,38);(H,6,7)/t23-;/m1./s1. The molecule has 3 aromatic heterocycles. The van der Waals surface area contributed by atoms with Crippen LogP contribution in [-0.4, -0.2) is 97.8 Å². The zero-order valence-corrected chi connectivity index (χ0v) is 28.9. The fourth-order valence-electron chi connectivity index (χ4n) is 6.01. The molecule has 0 bridgehead atoms. The molecule has 5 aromatic rings. The van der Waals surface area contributed by atoms with Gasteiger partial charge in [-0.15, -0.1) is 11.3 Å². The van der Waals surface area contributed by atoms with Gasteiger partial charge in [-0.2, -0.15) is 18.3 Å². The van der Waals surface area contributed by atoms with Crippen LogP contribution in [0.3, 0.4) is 0 Å². The number of carbonyl (C=O) groups is 1. The van der Waals surface area contributed by atoms with Crippen molar-refractivity contribution in [2.45, 2.75) is 38.3 Å². The van der Waals surface area contributed by atoms with Gasteiger partial charge in [0.1, 0.15) is 35.1 Å². The maximum atomic E-state index is 13.5. The first-order chi connectivity index (χ1) is 24.4. The van der Waals surface area contributed by atoms with Crippen LogP contribution in [0.2, 0.25) is 5.02 Å². The second-order valence-electron chi connectivity index (χ2n) is 12.2. The van der Waals surface area contributed by atoms with E-state index in [0.29, 0.717) is 23.9 Å². The summed E-state index contributed by atoms with van der Waals surface area (Å²) in [4.78, 5) is 24.8. The van der Waals surface area contributed by atoms with Crippen LogP contribution in [0.25, 0.3) is 20.7 Å². The van der Waals surface area contributed by atoms with Gasteiger partial charge in [-0.1, -0.05) is 23.7 Å². The SMILES string of the molecule is CN1CCN(C[C@@H](O)Cn2ncc3c2CCc2c-3sc3ncnc(Nc4ccc(OCc5cccc(F)c5)c(Cl)c4)c23)CC1.O=C(O)C(F)(F)F. The first-order valence-electron chi connectivity index (χ1n) is 16.0. The van der Waals surface area contributed by atoms with Gasteiger partial charge in [0.05, 0.1) is 29.3 Å². The molecule has 0 unspecified atom stereocenters. The molecular weight excluding hydrogens is 714 g/mol. The van der Waals surface area contributed by atoms with E-state index in [9.17, 15) is 22.7 Å². The number of ether oxygens (including phenoxy) is 1. The fourth-order valence-corrected chi connectivity index (χ4v) is 7.47. The van der Waals surface area contributed by atoms with Crippen molar-refractivity contribution in [3.8, 4) is 16.2 Å². The monoisotopic (exact) mass is 747 g/mol. The molecule has 2 aromatic carbocycles. The third-order valence-corrected chi connectivity index (χ3v) is 10.0. The van der Waals surface area contributed by atoms with Crippen LogP contribution in [0, 0.1) is 5.82 Å². The van der Waals surface area contributed by atoms with Crippen LogP contribution in [0.1, 0.15) is 16.8 Å². The molecule has 11 nitrogen and oxygen atoms in total. The van der Waals surface area contributed by atoms with Crippen LogP contribution in [-0.2, 0) is 30.8 Å². The molecule has 3 N–H and O–H groups in total. The molecule has 2 aliphatic rings. The second kappa shape index (κ2) is 15.5. The molecule has 1 aliphatic heterocycles. The molecule has 0 spiro atoms. The number of hydrogen-bond donors (Lipinski definition) is 3. The van der Waals surface area contributed by atoms with E-state index in [4.69, 9.17) is 31.3 Å². The molecule has 270 valence electrons. The average molecular weight is 748 g/mol. The van der Waals surface area contributed by atoms with E-state index in [1.807, 2.05) is 23.0 Å². The van der Waals surface area contributed by atoms with Crippen molar-refractivity contribution in [3.63, 3.8) is 0 Å². The molecule has 51 heavy (non-hydrogen) atoms. The fraction of sp³-hybridized carbons (Fsp3) is 0.353. The molecule has 1 fully saturated rings. The number of carboxylic acid groups (broad SMARTS) is 1. The number of nitrogens with one attached hydrogen (secondary N) is 1. The van der Waals surface area contributed by atoms with Gasteiger partial charge >= 0.3 is 12.1 Å². The number of aliphatic hydroxyl groups excluding tert-OH is 1. The zero-order valence-electron chi connectivity index (χ0n) is 27.3. The summed E-state index contributed by atoms with van der Waals surface area (Å²) >= 11 is 8.21. The number of aromatic nitrogens is 4. The average Bonchev–Trinajstić information content (AvgIpc) is 3.67. The van der Waals surface area contributed by atoms with Crippen LogP contribution in [0.5, 0.6) is 5.75 Å². The molecular formula is C34H34ClF4N7O4S. The van der Waals surface area contributed by atoms with Crippen LogP contribution < -0.4 is 10.1 Å². The quantitative estimate of drug-likeness (QED) is 0.154. The van der Waals surface area contributed by atoms with Crippen molar-refractivity contribution in [1.29, 1.82) is 0 Å². The smallest absolute Gasteiger partial charge is 0.487 e. The van der Waals surface area contributed by atoms with E-state index in [1.54, 1.807) is 35.9 Å². The highest BCUT2D eigenvalue weighted by Gasteiger charge is 2.38. The van der Waals surface area contributed by atoms with E-state index in [1.165, 1.54) is 17.7 Å². The number of alkyl halides is 3. The summed E-state index contributed by atoms with van der Waals surface area (Å²) in [5, 5.41) is 27.6. The number of thiophene rings is 1. The van der Waals surface area contributed by atoms with Crippen molar-refractivity contribution in [2.75, 3.05) is 45.1 Å². The highest BCUT2D eigenvalue weighted by Crippen LogP contribution is 2.45. The summed E-state index contributed by atoms with van der Waals surface area (Å²) in [7, 11) is 2.14. The maximum Gasteiger partial charge on any atom is 0.490 e. The Morgan fingerprint density at radius 2 is 1.86 bits per heavy atom. The number of halogens is 5. The van der Waals surface area contributed by atoms with Gasteiger partial charge in [-0.05, 0) is 61.3 Å². The van der Waals surface area contributed by atoms with Crippen LogP contribution >= 0.6 is 22.9 Å². The number of nitrogens with zero attached hydrogens (tertiary/aromatic N) is 6. The number of hydrogen-bond acceptors (Lipinski definition) is 10. The molecule has 0 radical (unpaired) electrons. The number of benzene rings is 2. The van der Waals surface area contributed by atoms with Crippen molar-refractivity contribution in [1.82, 2.24) is 29.5 Å². The lowest BCUT2D eigenvalue weighted by Crippen LogP contribution is -2.47. The minimum atomic E-state index is -5.08. The molecule has 0 saturated carbocycles. The lowest BCUT2D eigenvalue weighted by atomic mass is 9.95. The third-order valence-electron chi connectivity index (χ3n) is 8.56. The Hall–Kier alpha value is -4.35. The Morgan fingerprint density at radius 3 is 2.57 bits per heavy atom. The third kappa shape index (κ3) is 8.76. The Bertz CT molecular complexity index is 2020. The second-order valence-corrected chi connectivity index (χ2v) is 13.7.